The highest BCUT2D eigenvalue weighted by Gasteiger charge is 2.42. The zero-order chi connectivity index (χ0) is 21.0. The van der Waals surface area contributed by atoms with E-state index in [0.717, 1.165) is 11.1 Å². The summed E-state index contributed by atoms with van der Waals surface area (Å²) < 4.78 is 6.74. The number of fused-ring (bicyclic) bond motifs is 3. The number of rotatable bonds is 3. The van der Waals surface area contributed by atoms with E-state index in [4.69, 9.17) is 4.74 Å². The van der Waals surface area contributed by atoms with E-state index in [0.29, 0.717) is 40.5 Å². The van der Waals surface area contributed by atoms with Gasteiger partial charge in [0.2, 0.25) is 0 Å². The molecule has 0 bridgehead atoms. The molecule has 2 aromatic carbocycles. The smallest absolute Gasteiger partial charge is 0.329 e. The SMILES string of the molecule is CCn1c2c(c(=O)[nH]c1=O)C(c1ccc(OC)cc1)C1=C(N2)c2ccccc2C1=O. The molecule has 3 aromatic rings. The number of nitrogens with zero attached hydrogens (tertiary/aromatic N) is 1. The number of nitrogens with one attached hydrogen (secondary N) is 2. The number of hydrogen-bond acceptors (Lipinski definition) is 5. The molecule has 1 atom stereocenters. The Hall–Kier alpha value is -3.87. The number of aromatic amines is 1. The van der Waals surface area contributed by atoms with Crippen molar-refractivity contribution >= 4 is 17.3 Å². The molecule has 0 saturated carbocycles. The van der Waals surface area contributed by atoms with Crippen LogP contribution in [0.3, 0.4) is 0 Å². The lowest BCUT2D eigenvalue weighted by Crippen LogP contribution is -2.38. The van der Waals surface area contributed by atoms with Gasteiger partial charge >= 0.3 is 5.69 Å². The topological polar surface area (TPSA) is 93.2 Å². The summed E-state index contributed by atoms with van der Waals surface area (Å²) in [6.07, 6.45) is 0. The van der Waals surface area contributed by atoms with E-state index in [1.54, 1.807) is 25.3 Å². The second-order valence-electron chi connectivity index (χ2n) is 7.26. The Bertz CT molecular complexity index is 1350. The summed E-state index contributed by atoms with van der Waals surface area (Å²) in [5, 5.41) is 3.25. The first-order chi connectivity index (χ1) is 14.5. The monoisotopic (exact) mass is 401 g/mol. The standard InChI is InChI=1S/C23H19N3O4/c1-3-26-21-18(22(28)25-23(26)29)16(12-8-10-13(30-2)11-9-12)17-19(24-21)14-6-4-5-7-15(14)20(17)27/h4-11,16,24H,3H2,1-2H3,(H,25,28,29). The molecule has 1 aliphatic carbocycles. The molecule has 0 radical (unpaired) electrons. The van der Waals surface area contributed by atoms with Gasteiger partial charge < -0.3 is 10.1 Å². The van der Waals surface area contributed by atoms with Crippen LogP contribution in [0.2, 0.25) is 0 Å². The molecule has 2 N–H and O–H groups in total. The van der Waals surface area contributed by atoms with Crippen LogP contribution < -0.4 is 21.3 Å². The molecule has 0 amide bonds. The molecule has 1 aromatic heterocycles. The van der Waals surface area contributed by atoms with Crippen molar-refractivity contribution in [1.29, 1.82) is 0 Å². The molecule has 2 aliphatic rings. The first kappa shape index (κ1) is 18.2. The summed E-state index contributed by atoms with van der Waals surface area (Å²) in [5.41, 5.74) is 2.68. The van der Waals surface area contributed by atoms with E-state index in [-0.39, 0.29) is 5.78 Å². The fourth-order valence-corrected chi connectivity index (χ4v) is 4.40. The quantitative estimate of drug-likeness (QED) is 0.704. The van der Waals surface area contributed by atoms with Crippen LogP contribution in [0.15, 0.2) is 63.7 Å². The number of methoxy groups -OCH3 is 1. The number of allylic oxidation sites excluding steroid dienone is 1. The first-order valence-electron chi connectivity index (χ1n) is 9.71. The summed E-state index contributed by atoms with van der Waals surface area (Å²) >= 11 is 0. The van der Waals surface area contributed by atoms with Crippen LogP contribution in [0.25, 0.3) is 5.70 Å². The molecular weight excluding hydrogens is 382 g/mol. The Kier molecular flexibility index (Phi) is 3.99. The highest BCUT2D eigenvalue weighted by molar-refractivity contribution is 6.23. The van der Waals surface area contributed by atoms with Gasteiger partial charge in [0, 0.05) is 29.2 Å². The highest BCUT2D eigenvalue weighted by Crippen LogP contribution is 2.47. The number of benzene rings is 2. The highest BCUT2D eigenvalue weighted by atomic mass is 16.5. The van der Waals surface area contributed by atoms with Gasteiger partial charge in [-0.1, -0.05) is 36.4 Å². The number of ketones is 1. The molecular formula is C23H19N3O4. The minimum Gasteiger partial charge on any atom is -0.497 e. The Morgan fingerprint density at radius 3 is 2.37 bits per heavy atom. The van der Waals surface area contributed by atoms with Crippen molar-refractivity contribution in [2.24, 2.45) is 0 Å². The lowest BCUT2D eigenvalue weighted by molar-refractivity contribution is 0.103. The van der Waals surface area contributed by atoms with E-state index >= 15 is 0 Å². The van der Waals surface area contributed by atoms with Crippen LogP contribution >= 0.6 is 0 Å². The van der Waals surface area contributed by atoms with E-state index < -0.39 is 17.2 Å². The predicted molar refractivity (Wildman–Crippen MR) is 113 cm³/mol. The molecule has 0 spiro atoms. The molecule has 1 aliphatic heterocycles. The van der Waals surface area contributed by atoms with Gasteiger partial charge in [0.05, 0.1) is 18.4 Å². The fraction of sp³-hybridized carbons (Fsp3) is 0.174. The van der Waals surface area contributed by atoms with E-state index in [2.05, 4.69) is 10.3 Å². The third kappa shape index (κ3) is 2.41. The van der Waals surface area contributed by atoms with Gasteiger partial charge in [-0.05, 0) is 24.6 Å². The third-order valence-electron chi connectivity index (χ3n) is 5.78. The second kappa shape index (κ2) is 6.59. The lowest BCUT2D eigenvalue weighted by atomic mass is 9.81. The third-order valence-corrected chi connectivity index (χ3v) is 5.78. The van der Waals surface area contributed by atoms with Crippen molar-refractivity contribution in [2.75, 3.05) is 12.4 Å². The van der Waals surface area contributed by atoms with Crippen molar-refractivity contribution in [1.82, 2.24) is 9.55 Å². The average molecular weight is 401 g/mol. The Morgan fingerprint density at radius 2 is 1.70 bits per heavy atom. The Morgan fingerprint density at radius 1 is 1.00 bits per heavy atom. The van der Waals surface area contributed by atoms with E-state index in [1.165, 1.54) is 4.57 Å². The lowest BCUT2D eigenvalue weighted by Gasteiger charge is -2.29. The van der Waals surface area contributed by atoms with E-state index in [9.17, 15) is 14.4 Å². The normalized spacial score (nSPS) is 16.6. The van der Waals surface area contributed by atoms with Crippen LogP contribution in [0.5, 0.6) is 5.75 Å². The van der Waals surface area contributed by atoms with Gasteiger partial charge in [-0.3, -0.25) is 19.1 Å². The number of Topliss-reactive ketones (excluding diaryl/α,β-unsaturated/α-hetero) is 1. The fourth-order valence-electron chi connectivity index (χ4n) is 4.40. The average Bonchev–Trinajstić information content (AvgIpc) is 3.05. The minimum absolute atomic E-state index is 0.117. The van der Waals surface area contributed by atoms with E-state index in [1.807, 2.05) is 37.3 Å². The van der Waals surface area contributed by atoms with Crippen LogP contribution in [0, 0.1) is 0 Å². The van der Waals surface area contributed by atoms with Gasteiger partial charge in [-0.15, -0.1) is 0 Å². The number of ether oxygens (including phenoxy) is 1. The zero-order valence-electron chi connectivity index (χ0n) is 16.5. The van der Waals surface area contributed by atoms with Crippen LogP contribution in [-0.2, 0) is 6.54 Å². The van der Waals surface area contributed by atoms with Gasteiger partial charge in [0.25, 0.3) is 5.56 Å². The molecule has 5 rings (SSSR count). The van der Waals surface area contributed by atoms with Crippen LogP contribution in [0.1, 0.15) is 39.9 Å². The minimum atomic E-state index is -0.607. The summed E-state index contributed by atoms with van der Waals surface area (Å²) in [6, 6.07) is 14.6. The van der Waals surface area contributed by atoms with Crippen molar-refractivity contribution in [3.8, 4) is 5.75 Å². The first-order valence-corrected chi connectivity index (χ1v) is 9.71. The molecule has 7 nitrogen and oxygen atoms in total. The van der Waals surface area contributed by atoms with Crippen LogP contribution in [0.4, 0.5) is 5.82 Å². The summed E-state index contributed by atoms with van der Waals surface area (Å²) in [6.45, 7) is 2.21. The number of carbonyl (C=O) groups excluding carboxylic acids is 1. The van der Waals surface area contributed by atoms with Crippen molar-refractivity contribution in [2.45, 2.75) is 19.4 Å². The largest absolute Gasteiger partial charge is 0.497 e. The number of aromatic nitrogens is 2. The predicted octanol–water partition coefficient (Wildman–Crippen LogP) is 2.73. The maximum atomic E-state index is 13.4. The van der Waals surface area contributed by atoms with Crippen molar-refractivity contribution < 1.29 is 9.53 Å². The summed E-state index contributed by atoms with van der Waals surface area (Å²) in [4.78, 5) is 41.2. The van der Waals surface area contributed by atoms with Gasteiger partial charge in [0.15, 0.2) is 5.78 Å². The number of H-pyrrole nitrogens is 1. The summed E-state index contributed by atoms with van der Waals surface area (Å²) in [5.74, 6) is 0.378. The molecule has 150 valence electrons. The zero-order valence-corrected chi connectivity index (χ0v) is 16.5. The number of anilines is 1. The van der Waals surface area contributed by atoms with Gasteiger partial charge in [-0.25, -0.2) is 4.79 Å². The molecule has 7 heteroatoms. The molecule has 0 fully saturated rings. The Balaban J connectivity index is 1.84. The Labute approximate surface area is 171 Å². The number of carbonyl (C=O) groups is 1. The maximum absolute atomic E-state index is 13.4. The second-order valence-corrected chi connectivity index (χ2v) is 7.26. The number of hydrogen-bond donors (Lipinski definition) is 2. The maximum Gasteiger partial charge on any atom is 0.329 e. The molecule has 1 unspecified atom stereocenters. The summed E-state index contributed by atoms with van der Waals surface area (Å²) in [7, 11) is 1.58. The molecule has 2 heterocycles. The van der Waals surface area contributed by atoms with Gasteiger partial charge in [-0.2, -0.15) is 0 Å². The molecule has 0 saturated heterocycles. The van der Waals surface area contributed by atoms with Crippen LogP contribution in [-0.4, -0.2) is 22.4 Å². The molecule has 30 heavy (non-hydrogen) atoms. The van der Waals surface area contributed by atoms with Gasteiger partial charge in [0.1, 0.15) is 11.6 Å². The van der Waals surface area contributed by atoms with Crippen molar-refractivity contribution in [3.63, 3.8) is 0 Å². The van der Waals surface area contributed by atoms with Crippen molar-refractivity contribution in [3.05, 3.63) is 97.2 Å².